The van der Waals surface area contributed by atoms with Gasteiger partial charge in [0.25, 0.3) is 0 Å². The van der Waals surface area contributed by atoms with Crippen molar-refractivity contribution in [2.75, 3.05) is 13.1 Å². The number of carbonyl (C=O) groups is 1. The van der Waals surface area contributed by atoms with E-state index in [0.29, 0.717) is 18.7 Å². The molecular weight excluding hydrogens is 262 g/mol. The van der Waals surface area contributed by atoms with Gasteiger partial charge in [-0.2, -0.15) is 4.31 Å². The summed E-state index contributed by atoms with van der Waals surface area (Å²) < 4.78 is 25.9. The van der Waals surface area contributed by atoms with Crippen LogP contribution < -0.4 is 0 Å². The molecule has 1 aliphatic rings. The molecule has 0 bridgehead atoms. The molecule has 0 amide bonds. The van der Waals surface area contributed by atoms with Gasteiger partial charge in [0.05, 0.1) is 4.90 Å². The second-order valence-corrected chi connectivity index (χ2v) is 6.69. The van der Waals surface area contributed by atoms with E-state index in [1.54, 1.807) is 12.1 Å². The molecule has 1 saturated carbocycles. The first-order chi connectivity index (χ1) is 9.00. The van der Waals surface area contributed by atoms with Gasteiger partial charge in [-0.1, -0.05) is 26.0 Å². The van der Waals surface area contributed by atoms with Crippen LogP contribution in [0.1, 0.15) is 37.0 Å². The average molecular weight is 281 g/mol. The lowest BCUT2D eigenvalue weighted by molar-refractivity contribution is 0.0967. The minimum Gasteiger partial charge on any atom is -0.294 e. The van der Waals surface area contributed by atoms with Crippen molar-refractivity contribution in [2.45, 2.75) is 31.6 Å². The lowest BCUT2D eigenvalue weighted by Gasteiger charge is -2.18. The summed E-state index contributed by atoms with van der Waals surface area (Å²) >= 11 is 0. The molecular formula is C14H19NO3S. The highest BCUT2D eigenvalue weighted by molar-refractivity contribution is 7.89. The number of ketones is 1. The van der Waals surface area contributed by atoms with Gasteiger partial charge in [-0.25, -0.2) is 8.42 Å². The van der Waals surface area contributed by atoms with Crippen LogP contribution in [0, 0.1) is 5.92 Å². The Morgan fingerprint density at radius 2 is 1.68 bits per heavy atom. The fourth-order valence-electron chi connectivity index (χ4n) is 2.08. The van der Waals surface area contributed by atoms with Gasteiger partial charge >= 0.3 is 0 Å². The lowest BCUT2D eigenvalue weighted by atomic mass is 10.1. The predicted molar refractivity (Wildman–Crippen MR) is 73.6 cm³/mol. The van der Waals surface area contributed by atoms with Crippen LogP contribution in [0.15, 0.2) is 29.2 Å². The molecule has 0 aromatic heterocycles. The van der Waals surface area contributed by atoms with Crippen LogP contribution in [-0.2, 0) is 10.0 Å². The monoisotopic (exact) mass is 281 g/mol. The molecule has 1 aromatic rings. The van der Waals surface area contributed by atoms with E-state index in [1.807, 2.05) is 13.8 Å². The van der Waals surface area contributed by atoms with E-state index >= 15 is 0 Å². The molecule has 0 radical (unpaired) electrons. The maximum atomic E-state index is 12.3. The number of benzene rings is 1. The van der Waals surface area contributed by atoms with Gasteiger partial charge < -0.3 is 0 Å². The van der Waals surface area contributed by atoms with Gasteiger partial charge in [-0.3, -0.25) is 4.79 Å². The second-order valence-electron chi connectivity index (χ2n) is 4.75. The minimum atomic E-state index is -3.43. The minimum absolute atomic E-state index is 0.131. The van der Waals surface area contributed by atoms with E-state index in [-0.39, 0.29) is 16.6 Å². The van der Waals surface area contributed by atoms with Gasteiger partial charge in [-0.05, 0) is 25.0 Å². The fraction of sp³-hybridized carbons (Fsp3) is 0.500. The Labute approximate surface area is 114 Å². The largest absolute Gasteiger partial charge is 0.294 e. The van der Waals surface area contributed by atoms with Crippen molar-refractivity contribution in [3.63, 3.8) is 0 Å². The third-order valence-electron chi connectivity index (χ3n) is 3.43. The highest BCUT2D eigenvalue weighted by atomic mass is 32.2. The standard InChI is InChI=1S/C14H19NO3S/c1-3-15(4-2)19(17,18)13-9-7-12(8-10-13)14(16)11-5-6-11/h7-11H,3-6H2,1-2H3. The molecule has 19 heavy (non-hydrogen) atoms. The summed E-state index contributed by atoms with van der Waals surface area (Å²) in [6.07, 6.45) is 1.91. The highest BCUT2D eigenvalue weighted by Crippen LogP contribution is 2.32. The number of rotatable bonds is 6. The number of hydrogen-bond acceptors (Lipinski definition) is 3. The van der Waals surface area contributed by atoms with Crippen LogP contribution in [0.2, 0.25) is 0 Å². The molecule has 0 atom stereocenters. The molecule has 104 valence electrons. The van der Waals surface area contributed by atoms with Crippen LogP contribution in [0.5, 0.6) is 0 Å². The Balaban J connectivity index is 2.24. The van der Waals surface area contributed by atoms with E-state index in [4.69, 9.17) is 0 Å². The van der Waals surface area contributed by atoms with E-state index < -0.39 is 10.0 Å². The van der Waals surface area contributed by atoms with Gasteiger partial charge in [0.15, 0.2) is 5.78 Å². The van der Waals surface area contributed by atoms with Gasteiger partial charge in [0.2, 0.25) is 10.0 Å². The SMILES string of the molecule is CCN(CC)S(=O)(=O)c1ccc(C(=O)C2CC2)cc1. The summed E-state index contributed by atoms with van der Waals surface area (Å²) in [6.45, 7) is 4.52. The first-order valence-electron chi connectivity index (χ1n) is 6.65. The van der Waals surface area contributed by atoms with Gasteiger partial charge in [0, 0.05) is 24.6 Å². The Morgan fingerprint density at radius 3 is 2.11 bits per heavy atom. The normalized spacial score (nSPS) is 15.7. The summed E-state index contributed by atoms with van der Waals surface area (Å²) in [7, 11) is -3.43. The van der Waals surface area contributed by atoms with Crippen molar-refractivity contribution in [1.29, 1.82) is 0 Å². The van der Waals surface area contributed by atoms with Crippen LogP contribution >= 0.6 is 0 Å². The van der Waals surface area contributed by atoms with E-state index in [0.717, 1.165) is 12.8 Å². The first kappa shape index (κ1) is 14.2. The molecule has 4 nitrogen and oxygen atoms in total. The molecule has 0 aliphatic heterocycles. The van der Waals surface area contributed by atoms with Crippen LogP contribution in [0.25, 0.3) is 0 Å². The molecule has 0 N–H and O–H groups in total. The van der Waals surface area contributed by atoms with Crippen molar-refractivity contribution in [2.24, 2.45) is 5.92 Å². The Morgan fingerprint density at radius 1 is 1.16 bits per heavy atom. The van der Waals surface area contributed by atoms with Gasteiger partial charge in [-0.15, -0.1) is 0 Å². The lowest BCUT2D eigenvalue weighted by Crippen LogP contribution is -2.30. The van der Waals surface area contributed by atoms with Crippen LogP contribution in [0.4, 0.5) is 0 Å². The fourth-order valence-corrected chi connectivity index (χ4v) is 3.54. The summed E-state index contributed by atoms with van der Waals surface area (Å²) in [4.78, 5) is 12.1. The zero-order valence-electron chi connectivity index (χ0n) is 11.3. The molecule has 0 spiro atoms. The Bertz CT molecular complexity index is 555. The average Bonchev–Trinajstić information content (AvgIpc) is 3.23. The predicted octanol–water partition coefficient (Wildman–Crippen LogP) is 2.31. The second kappa shape index (κ2) is 5.43. The number of sulfonamides is 1. The number of hydrogen-bond donors (Lipinski definition) is 0. The van der Waals surface area contributed by atoms with Crippen molar-refractivity contribution < 1.29 is 13.2 Å². The molecule has 1 aliphatic carbocycles. The van der Waals surface area contributed by atoms with Crippen molar-refractivity contribution in [3.8, 4) is 0 Å². The van der Waals surface area contributed by atoms with E-state index in [2.05, 4.69) is 0 Å². The number of nitrogens with zero attached hydrogens (tertiary/aromatic N) is 1. The number of carbonyl (C=O) groups excluding carboxylic acids is 1. The summed E-state index contributed by atoms with van der Waals surface area (Å²) in [5.74, 6) is 0.289. The maximum absolute atomic E-state index is 12.3. The van der Waals surface area contributed by atoms with Crippen molar-refractivity contribution in [3.05, 3.63) is 29.8 Å². The molecule has 5 heteroatoms. The highest BCUT2D eigenvalue weighted by Gasteiger charge is 2.30. The zero-order valence-corrected chi connectivity index (χ0v) is 12.1. The molecule has 2 rings (SSSR count). The van der Waals surface area contributed by atoms with E-state index in [1.165, 1.54) is 16.4 Å². The molecule has 1 aromatic carbocycles. The quantitative estimate of drug-likeness (QED) is 0.752. The smallest absolute Gasteiger partial charge is 0.243 e. The summed E-state index contributed by atoms with van der Waals surface area (Å²) in [5, 5.41) is 0. The maximum Gasteiger partial charge on any atom is 0.243 e. The third-order valence-corrected chi connectivity index (χ3v) is 5.49. The molecule has 0 heterocycles. The molecule has 0 saturated heterocycles. The first-order valence-corrected chi connectivity index (χ1v) is 8.09. The zero-order chi connectivity index (χ0) is 14.0. The van der Waals surface area contributed by atoms with E-state index in [9.17, 15) is 13.2 Å². The molecule has 1 fully saturated rings. The topological polar surface area (TPSA) is 54.5 Å². The van der Waals surface area contributed by atoms with Crippen molar-refractivity contribution in [1.82, 2.24) is 4.31 Å². The Kier molecular flexibility index (Phi) is 4.06. The Hall–Kier alpha value is -1.20. The van der Waals surface area contributed by atoms with Gasteiger partial charge in [0.1, 0.15) is 0 Å². The summed E-state index contributed by atoms with van der Waals surface area (Å²) in [5.41, 5.74) is 0.612. The molecule has 0 unspecified atom stereocenters. The van der Waals surface area contributed by atoms with Crippen LogP contribution in [0.3, 0.4) is 0 Å². The van der Waals surface area contributed by atoms with Crippen molar-refractivity contribution >= 4 is 15.8 Å². The number of Topliss-reactive ketones (excluding diaryl/α,β-unsaturated/α-hetero) is 1. The van der Waals surface area contributed by atoms with Crippen LogP contribution in [-0.4, -0.2) is 31.6 Å². The summed E-state index contributed by atoms with van der Waals surface area (Å²) in [6, 6.07) is 6.31. The third kappa shape index (κ3) is 2.87.